The molecule has 0 saturated heterocycles. The van der Waals surface area contributed by atoms with Gasteiger partial charge in [0.2, 0.25) is 0 Å². The van der Waals surface area contributed by atoms with Crippen molar-refractivity contribution in [3.05, 3.63) is 107 Å². The Labute approximate surface area is 173 Å². The highest BCUT2D eigenvalue weighted by molar-refractivity contribution is 5.67. The highest BCUT2D eigenvalue weighted by Gasteiger charge is 2.28. The topological polar surface area (TPSA) is 35.1 Å². The van der Waals surface area contributed by atoms with Crippen molar-refractivity contribution < 1.29 is 8.78 Å². The number of hydrogen-bond acceptors (Lipinski definition) is 2. The van der Waals surface area contributed by atoms with Crippen LogP contribution in [0, 0.1) is 18.2 Å². The van der Waals surface area contributed by atoms with Crippen molar-refractivity contribution in [3.63, 3.8) is 0 Å². The summed E-state index contributed by atoms with van der Waals surface area (Å²) in [7, 11) is 0. The zero-order valence-electron chi connectivity index (χ0n) is 16.5. The summed E-state index contributed by atoms with van der Waals surface area (Å²) in [5, 5.41) is 4.70. The van der Waals surface area contributed by atoms with Gasteiger partial charge in [-0.2, -0.15) is 5.10 Å². The van der Waals surface area contributed by atoms with E-state index >= 15 is 0 Å². The zero-order chi connectivity index (χ0) is 21.3. The normalized spacial score (nSPS) is 11.3. The largest absolute Gasteiger partial charge is 0.257 e. The van der Waals surface area contributed by atoms with Crippen molar-refractivity contribution in [2.24, 2.45) is 0 Å². The second kappa shape index (κ2) is 7.53. The Morgan fingerprint density at radius 3 is 2.40 bits per heavy atom. The van der Waals surface area contributed by atoms with E-state index in [1.807, 2.05) is 62.5 Å². The van der Waals surface area contributed by atoms with Gasteiger partial charge >= 0.3 is 0 Å². The van der Waals surface area contributed by atoms with Gasteiger partial charge in [0, 0.05) is 11.8 Å². The van der Waals surface area contributed by atoms with Gasteiger partial charge in [0.05, 0.1) is 34.8 Å². The number of pyridine rings is 1. The van der Waals surface area contributed by atoms with Crippen LogP contribution in [0.4, 0.5) is 14.5 Å². The van der Waals surface area contributed by atoms with Crippen LogP contribution in [0.2, 0.25) is 0 Å². The first-order valence-corrected chi connectivity index (χ1v) is 9.37. The molecule has 0 fully saturated rings. The first kappa shape index (κ1) is 19.5. The van der Waals surface area contributed by atoms with Gasteiger partial charge in [0.15, 0.2) is 0 Å². The number of benzene rings is 2. The predicted molar refractivity (Wildman–Crippen MR) is 112 cm³/mol. The van der Waals surface area contributed by atoms with E-state index in [9.17, 15) is 8.78 Å². The van der Waals surface area contributed by atoms with Crippen LogP contribution in [-0.2, 0) is 5.41 Å². The summed E-state index contributed by atoms with van der Waals surface area (Å²) in [5.74, 6) is -1.78. The lowest BCUT2D eigenvalue weighted by molar-refractivity contribution is 0.583. The summed E-state index contributed by atoms with van der Waals surface area (Å²) in [6, 6.07) is 19.4. The molecule has 0 unspecified atom stereocenters. The number of rotatable bonds is 4. The number of aromatic nitrogens is 3. The molecule has 2 aromatic carbocycles. The molecule has 148 valence electrons. The Morgan fingerprint density at radius 2 is 1.67 bits per heavy atom. The Balaban J connectivity index is 1.74. The molecule has 2 aromatic heterocycles. The van der Waals surface area contributed by atoms with Crippen LogP contribution in [0.1, 0.15) is 25.2 Å². The van der Waals surface area contributed by atoms with Gasteiger partial charge < -0.3 is 0 Å². The molecule has 0 saturated carbocycles. The number of nitrogens with zero attached hydrogens (tertiary/aromatic N) is 4. The highest BCUT2D eigenvalue weighted by Crippen LogP contribution is 2.34. The minimum absolute atomic E-state index is 0.0925. The van der Waals surface area contributed by atoms with Gasteiger partial charge in [-0.05, 0) is 56.3 Å². The van der Waals surface area contributed by atoms with Crippen LogP contribution in [0.3, 0.4) is 0 Å². The molecule has 0 radical (unpaired) electrons. The monoisotopic (exact) mass is 400 g/mol. The molecular formula is C24H18F2N4. The SMILES string of the molecule is [C-]#[N+]c1c(F)ccc(-c2cccc(C(C)(C)c3ccn(-c4ccccc4)n3)n2)c1F. The van der Waals surface area contributed by atoms with Crippen LogP contribution in [0.5, 0.6) is 0 Å². The Morgan fingerprint density at radius 1 is 0.900 bits per heavy atom. The standard InChI is InChI=1S/C24H18F2N4/c1-24(2,21-14-15-30(29-21)16-8-5-4-6-9-16)20-11-7-10-19(28-20)17-12-13-18(25)23(27-3)22(17)26/h4-15H,1-2H3. The Hall–Kier alpha value is -3.85. The van der Waals surface area contributed by atoms with Crippen LogP contribution in [0.15, 0.2) is 72.9 Å². The molecule has 0 aliphatic carbocycles. The van der Waals surface area contributed by atoms with Crippen molar-refractivity contribution in [2.75, 3.05) is 0 Å². The molecule has 30 heavy (non-hydrogen) atoms. The highest BCUT2D eigenvalue weighted by atomic mass is 19.1. The maximum Gasteiger partial charge on any atom is 0.257 e. The second-order valence-corrected chi connectivity index (χ2v) is 7.38. The number of para-hydroxylation sites is 1. The summed E-state index contributed by atoms with van der Waals surface area (Å²) in [4.78, 5) is 7.59. The van der Waals surface area contributed by atoms with E-state index in [0.29, 0.717) is 11.4 Å². The van der Waals surface area contributed by atoms with E-state index in [1.165, 1.54) is 6.07 Å². The van der Waals surface area contributed by atoms with Gasteiger partial charge in [-0.25, -0.2) is 18.3 Å². The fraction of sp³-hybridized carbons (Fsp3) is 0.125. The summed E-state index contributed by atoms with van der Waals surface area (Å²) in [6.07, 6.45) is 1.89. The van der Waals surface area contributed by atoms with Gasteiger partial charge in [0.1, 0.15) is 11.6 Å². The lowest BCUT2D eigenvalue weighted by Gasteiger charge is -2.22. The summed E-state index contributed by atoms with van der Waals surface area (Å²) < 4.78 is 30.1. The lowest BCUT2D eigenvalue weighted by atomic mass is 9.85. The van der Waals surface area contributed by atoms with Crippen LogP contribution >= 0.6 is 0 Å². The average molecular weight is 400 g/mol. The number of halogens is 2. The maximum atomic E-state index is 14.7. The van der Waals surface area contributed by atoms with Crippen molar-refractivity contribution >= 4 is 5.69 Å². The fourth-order valence-corrected chi connectivity index (χ4v) is 3.29. The molecule has 0 spiro atoms. The number of hydrogen-bond donors (Lipinski definition) is 0. The Bertz CT molecular complexity index is 1250. The van der Waals surface area contributed by atoms with E-state index in [2.05, 4.69) is 9.83 Å². The molecule has 6 heteroatoms. The van der Waals surface area contributed by atoms with Crippen molar-refractivity contribution in [1.82, 2.24) is 14.8 Å². The van der Waals surface area contributed by atoms with Gasteiger partial charge in [-0.3, -0.25) is 4.98 Å². The average Bonchev–Trinajstić information content (AvgIpc) is 3.26. The van der Waals surface area contributed by atoms with E-state index in [0.717, 1.165) is 17.4 Å². The molecule has 0 bridgehead atoms. The molecule has 2 heterocycles. The molecular weight excluding hydrogens is 382 g/mol. The molecule has 0 amide bonds. The molecule has 4 nitrogen and oxygen atoms in total. The zero-order valence-corrected chi connectivity index (χ0v) is 16.5. The van der Waals surface area contributed by atoms with E-state index in [-0.39, 0.29) is 5.56 Å². The first-order chi connectivity index (χ1) is 14.4. The Kier molecular flexibility index (Phi) is 4.88. The molecule has 0 aliphatic rings. The van der Waals surface area contributed by atoms with E-state index in [4.69, 9.17) is 11.7 Å². The molecule has 0 aliphatic heterocycles. The minimum atomic E-state index is -0.902. The summed E-state index contributed by atoms with van der Waals surface area (Å²) in [5.41, 5.74) is 1.68. The van der Waals surface area contributed by atoms with Gasteiger partial charge in [0.25, 0.3) is 5.69 Å². The molecule has 0 N–H and O–H groups in total. The lowest BCUT2D eigenvalue weighted by Crippen LogP contribution is -2.22. The smallest absolute Gasteiger partial charge is 0.252 e. The molecule has 4 aromatic rings. The second-order valence-electron chi connectivity index (χ2n) is 7.38. The van der Waals surface area contributed by atoms with E-state index < -0.39 is 22.7 Å². The minimum Gasteiger partial charge on any atom is -0.252 e. The first-order valence-electron chi connectivity index (χ1n) is 9.37. The molecule has 0 atom stereocenters. The quantitative estimate of drug-likeness (QED) is 0.389. The predicted octanol–water partition coefficient (Wildman–Crippen LogP) is 6.09. The van der Waals surface area contributed by atoms with Gasteiger partial charge in [-0.15, -0.1) is 0 Å². The van der Waals surface area contributed by atoms with Crippen LogP contribution in [-0.4, -0.2) is 14.8 Å². The van der Waals surface area contributed by atoms with Crippen molar-refractivity contribution in [2.45, 2.75) is 19.3 Å². The van der Waals surface area contributed by atoms with Crippen molar-refractivity contribution in [3.8, 4) is 16.9 Å². The third-order valence-corrected chi connectivity index (χ3v) is 5.09. The maximum absolute atomic E-state index is 14.7. The van der Waals surface area contributed by atoms with Gasteiger partial charge in [-0.1, -0.05) is 24.3 Å². The van der Waals surface area contributed by atoms with Crippen molar-refractivity contribution in [1.29, 1.82) is 0 Å². The van der Waals surface area contributed by atoms with E-state index in [1.54, 1.807) is 16.8 Å². The summed E-state index contributed by atoms with van der Waals surface area (Å²) >= 11 is 0. The third kappa shape index (κ3) is 3.35. The third-order valence-electron chi connectivity index (χ3n) is 5.09. The summed E-state index contributed by atoms with van der Waals surface area (Å²) in [6.45, 7) is 11.0. The van der Waals surface area contributed by atoms with Crippen LogP contribution < -0.4 is 0 Å². The fourth-order valence-electron chi connectivity index (χ4n) is 3.29. The molecule has 4 rings (SSSR count). The van der Waals surface area contributed by atoms with Crippen LogP contribution in [0.25, 0.3) is 21.8 Å².